The third-order valence-electron chi connectivity index (χ3n) is 3.10. The van der Waals surface area contributed by atoms with Crippen molar-refractivity contribution in [2.75, 3.05) is 12.4 Å². The normalized spacial score (nSPS) is 10.3. The van der Waals surface area contributed by atoms with Crippen molar-refractivity contribution in [3.63, 3.8) is 0 Å². The van der Waals surface area contributed by atoms with E-state index < -0.39 is 5.97 Å². The Morgan fingerprint density at radius 3 is 2.33 bits per heavy atom. The van der Waals surface area contributed by atoms with E-state index in [2.05, 4.69) is 15.5 Å². The van der Waals surface area contributed by atoms with Crippen molar-refractivity contribution in [1.29, 1.82) is 0 Å². The van der Waals surface area contributed by atoms with Gasteiger partial charge in [0.15, 0.2) is 11.5 Å². The molecule has 5 heteroatoms. The number of carbonyl (C=O) groups excluding carboxylic acids is 1. The molecule has 0 saturated heterocycles. The number of ether oxygens (including phenoxy) is 1. The summed E-state index contributed by atoms with van der Waals surface area (Å²) in [6.07, 6.45) is 0. The van der Waals surface area contributed by atoms with Crippen LogP contribution in [0.3, 0.4) is 0 Å². The number of fused-ring (bicyclic) bond motifs is 1. The third kappa shape index (κ3) is 2.53. The summed E-state index contributed by atoms with van der Waals surface area (Å²) in [7, 11) is 1.33. The van der Waals surface area contributed by atoms with Crippen LogP contribution < -0.4 is 5.32 Å². The highest BCUT2D eigenvalue weighted by molar-refractivity contribution is 6.05. The molecule has 1 N–H and O–H groups in total. The average molecular weight is 279 g/mol. The Kier molecular flexibility index (Phi) is 3.47. The van der Waals surface area contributed by atoms with Crippen LogP contribution in [0.25, 0.3) is 10.8 Å². The van der Waals surface area contributed by atoms with Gasteiger partial charge in [0, 0.05) is 16.5 Å². The standard InChI is InChI=1S/C16H13N3O2/c1-21-16(20)14-12-9-5-6-10-13(12)15(19-18-14)17-11-7-3-2-4-8-11/h2-10H,1H3,(H,17,19). The van der Waals surface area contributed by atoms with E-state index in [1.807, 2.05) is 54.6 Å². The van der Waals surface area contributed by atoms with Crippen LogP contribution in [-0.2, 0) is 4.74 Å². The fourth-order valence-corrected chi connectivity index (χ4v) is 2.10. The van der Waals surface area contributed by atoms with Gasteiger partial charge < -0.3 is 10.1 Å². The van der Waals surface area contributed by atoms with E-state index in [1.54, 1.807) is 0 Å². The second-order valence-electron chi connectivity index (χ2n) is 4.43. The Balaban J connectivity index is 2.11. The Bertz CT molecular complexity index is 788. The number of methoxy groups -OCH3 is 1. The van der Waals surface area contributed by atoms with Gasteiger partial charge in [-0.3, -0.25) is 0 Å². The zero-order valence-electron chi connectivity index (χ0n) is 11.4. The minimum Gasteiger partial charge on any atom is -0.464 e. The number of nitrogens with one attached hydrogen (secondary N) is 1. The molecule has 0 unspecified atom stereocenters. The van der Waals surface area contributed by atoms with Crippen LogP contribution in [0.1, 0.15) is 10.5 Å². The van der Waals surface area contributed by atoms with Gasteiger partial charge in [-0.05, 0) is 12.1 Å². The molecule has 0 aliphatic heterocycles. The van der Waals surface area contributed by atoms with E-state index in [-0.39, 0.29) is 5.69 Å². The zero-order chi connectivity index (χ0) is 14.7. The number of aromatic nitrogens is 2. The van der Waals surface area contributed by atoms with Gasteiger partial charge in [-0.25, -0.2) is 4.79 Å². The summed E-state index contributed by atoms with van der Waals surface area (Å²) in [5, 5.41) is 12.8. The molecule has 21 heavy (non-hydrogen) atoms. The van der Waals surface area contributed by atoms with Crippen LogP contribution in [-0.4, -0.2) is 23.3 Å². The van der Waals surface area contributed by atoms with Crippen LogP contribution in [0.2, 0.25) is 0 Å². The van der Waals surface area contributed by atoms with E-state index >= 15 is 0 Å². The molecule has 0 fully saturated rings. The number of hydrogen-bond acceptors (Lipinski definition) is 5. The van der Waals surface area contributed by atoms with E-state index in [0.29, 0.717) is 11.2 Å². The van der Waals surface area contributed by atoms with Crippen LogP contribution in [0.15, 0.2) is 54.6 Å². The van der Waals surface area contributed by atoms with E-state index in [4.69, 9.17) is 4.74 Å². The fourth-order valence-electron chi connectivity index (χ4n) is 2.10. The first kappa shape index (κ1) is 13.1. The maximum Gasteiger partial charge on any atom is 0.359 e. The Morgan fingerprint density at radius 1 is 0.952 bits per heavy atom. The highest BCUT2D eigenvalue weighted by atomic mass is 16.5. The maximum atomic E-state index is 11.8. The van der Waals surface area contributed by atoms with Gasteiger partial charge in [-0.2, -0.15) is 0 Å². The van der Waals surface area contributed by atoms with E-state index in [1.165, 1.54) is 7.11 Å². The van der Waals surface area contributed by atoms with Gasteiger partial charge in [0.05, 0.1) is 7.11 Å². The van der Waals surface area contributed by atoms with Crippen LogP contribution in [0, 0.1) is 0 Å². The van der Waals surface area contributed by atoms with E-state index in [9.17, 15) is 4.79 Å². The molecule has 5 nitrogen and oxygen atoms in total. The number of carbonyl (C=O) groups is 1. The maximum absolute atomic E-state index is 11.8. The van der Waals surface area contributed by atoms with Crippen molar-refractivity contribution in [1.82, 2.24) is 10.2 Å². The molecular weight excluding hydrogens is 266 g/mol. The largest absolute Gasteiger partial charge is 0.464 e. The van der Waals surface area contributed by atoms with Crippen molar-refractivity contribution in [3.05, 3.63) is 60.3 Å². The Labute approximate surface area is 121 Å². The molecule has 0 aliphatic carbocycles. The summed E-state index contributed by atoms with van der Waals surface area (Å²) >= 11 is 0. The molecule has 3 rings (SSSR count). The summed E-state index contributed by atoms with van der Waals surface area (Å²) in [6.45, 7) is 0. The summed E-state index contributed by atoms with van der Waals surface area (Å²) in [6, 6.07) is 17.1. The van der Waals surface area contributed by atoms with E-state index in [0.717, 1.165) is 11.1 Å². The van der Waals surface area contributed by atoms with Crippen LogP contribution in [0.5, 0.6) is 0 Å². The number of anilines is 2. The lowest BCUT2D eigenvalue weighted by atomic mass is 10.1. The molecule has 0 bridgehead atoms. The van der Waals surface area contributed by atoms with Gasteiger partial charge in [0.2, 0.25) is 0 Å². The zero-order valence-corrected chi connectivity index (χ0v) is 11.4. The minimum atomic E-state index is -0.495. The number of esters is 1. The van der Waals surface area contributed by atoms with Gasteiger partial charge in [0.25, 0.3) is 0 Å². The van der Waals surface area contributed by atoms with Gasteiger partial charge in [0.1, 0.15) is 0 Å². The molecule has 0 atom stereocenters. The fraction of sp³-hybridized carbons (Fsp3) is 0.0625. The molecule has 0 amide bonds. The lowest BCUT2D eigenvalue weighted by Crippen LogP contribution is -2.08. The van der Waals surface area contributed by atoms with Gasteiger partial charge in [-0.15, -0.1) is 10.2 Å². The van der Waals surface area contributed by atoms with Crippen LogP contribution in [0.4, 0.5) is 11.5 Å². The smallest absolute Gasteiger partial charge is 0.359 e. The highest BCUT2D eigenvalue weighted by Crippen LogP contribution is 2.25. The lowest BCUT2D eigenvalue weighted by Gasteiger charge is -2.09. The summed E-state index contributed by atoms with van der Waals surface area (Å²) in [5.74, 6) is 0.106. The molecular formula is C16H13N3O2. The van der Waals surface area contributed by atoms with Gasteiger partial charge in [-0.1, -0.05) is 42.5 Å². The molecule has 1 aromatic heterocycles. The average Bonchev–Trinajstić information content (AvgIpc) is 2.55. The molecule has 104 valence electrons. The van der Waals surface area contributed by atoms with Crippen molar-refractivity contribution in [2.24, 2.45) is 0 Å². The second kappa shape index (κ2) is 5.58. The number of para-hydroxylation sites is 1. The topological polar surface area (TPSA) is 64.1 Å². The molecule has 0 spiro atoms. The molecule has 0 radical (unpaired) electrons. The predicted octanol–water partition coefficient (Wildman–Crippen LogP) is 3.16. The molecule has 3 aromatic rings. The summed E-state index contributed by atoms with van der Waals surface area (Å²) in [4.78, 5) is 11.8. The first-order valence-corrected chi connectivity index (χ1v) is 6.45. The third-order valence-corrected chi connectivity index (χ3v) is 3.10. The second-order valence-corrected chi connectivity index (χ2v) is 4.43. The minimum absolute atomic E-state index is 0.215. The monoisotopic (exact) mass is 279 g/mol. The SMILES string of the molecule is COC(=O)c1nnc(Nc2ccccc2)c2ccccc12. The van der Waals surface area contributed by atoms with Crippen molar-refractivity contribution in [2.45, 2.75) is 0 Å². The molecule has 0 aliphatic rings. The highest BCUT2D eigenvalue weighted by Gasteiger charge is 2.15. The molecule has 1 heterocycles. The van der Waals surface area contributed by atoms with Gasteiger partial charge >= 0.3 is 5.97 Å². The molecule has 2 aromatic carbocycles. The number of hydrogen-bond donors (Lipinski definition) is 1. The van der Waals surface area contributed by atoms with Crippen LogP contribution >= 0.6 is 0 Å². The predicted molar refractivity (Wildman–Crippen MR) is 80.6 cm³/mol. The molecule has 0 saturated carbocycles. The summed E-state index contributed by atoms with van der Waals surface area (Å²) < 4.78 is 4.74. The first-order chi connectivity index (χ1) is 10.3. The van der Waals surface area contributed by atoms with Crippen molar-refractivity contribution in [3.8, 4) is 0 Å². The lowest BCUT2D eigenvalue weighted by molar-refractivity contribution is 0.0595. The number of benzene rings is 2. The van der Waals surface area contributed by atoms with Crippen molar-refractivity contribution < 1.29 is 9.53 Å². The Hall–Kier alpha value is -2.95. The number of nitrogens with zero attached hydrogens (tertiary/aromatic N) is 2. The number of rotatable bonds is 3. The quantitative estimate of drug-likeness (QED) is 0.746. The Morgan fingerprint density at radius 2 is 1.62 bits per heavy atom. The summed E-state index contributed by atoms with van der Waals surface area (Å²) in [5.41, 5.74) is 1.12. The van der Waals surface area contributed by atoms with Crippen molar-refractivity contribution >= 4 is 28.2 Å². The first-order valence-electron chi connectivity index (χ1n) is 6.45.